The highest BCUT2D eigenvalue weighted by Crippen LogP contribution is 2.32. The summed E-state index contributed by atoms with van der Waals surface area (Å²) in [6.45, 7) is 5.76. The van der Waals surface area contributed by atoms with Gasteiger partial charge in [0.15, 0.2) is 0 Å². The van der Waals surface area contributed by atoms with Crippen LogP contribution < -0.4 is 20.3 Å². The molecule has 9 nitrogen and oxygen atoms in total. The van der Waals surface area contributed by atoms with Crippen molar-refractivity contribution in [1.29, 1.82) is 0 Å². The molecule has 1 aliphatic heterocycles. The monoisotopic (exact) mass is 485 g/mol. The lowest BCUT2D eigenvalue weighted by molar-refractivity contribution is 0.248. The Morgan fingerprint density at radius 2 is 1.78 bits per heavy atom. The van der Waals surface area contributed by atoms with Crippen molar-refractivity contribution in [2.24, 2.45) is 7.05 Å². The van der Waals surface area contributed by atoms with E-state index in [9.17, 15) is 4.79 Å². The molecule has 0 saturated carbocycles. The van der Waals surface area contributed by atoms with Crippen molar-refractivity contribution >= 4 is 17.7 Å². The first-order valence-electron chi connectivity index (χ1n) is 12.2. The lowest BCUT2D eigenvalue weighted by atomic mass is 9.94. The molecule has 4 aromatic rings. The summed E-state index contributed by atoms with van der Waals surface area (Å²) in [5.74, 6) is 2.24. The summed E-state index contributed by atoms with van der Waals surface area (Å²) in [5, 5.41) is 15.2. The van der Waals surface area contributed by atoms with E-state index in [-0.39, 0.29) is 18.0 Å². The number of hydrogen-bond donors (Lipinski definition) is 2. The maximum atomic E-state index is 13.4. The van der Waals surface area contributed by atoms with Gasteiger partial charge in [0, 0.05) is 32.1 Å². The predicted molar refractivity (Wildman–Crippen MR) is 140 cm³/mol. The number of benzene rings is 2. The Balaban J connectivity index is 1.40. The molecule has 2 N–H and O–H groups in total. The quantitative estimate of drug-likeness (QED) is 0.411. The molecule has 1 saturated heterocycles. The molecule has 1 fully saturated rings. The van der Waals surface area contributed by atoms with Gasteiger partial charge in [-0.1, -0.05) is 48.5 Å². The van der Waals surface area contributed by atoms with Crippen LogP contribution >= 0.6 is 0 Å². The van der Waals surface area contributed by atoms with Gasteiger partial charge in [-0.2, -0.15) is 5.10 Å². The summed E-state index contributed by atoms with van der Waals surface area (Å²) in [6.07, 6.45) is 1.80. The number of nitrogens with zero attached hydrogens (tertiary/aromatic N) is 5. The number of ether oxygens (including phenoxy) is 1. The lowest BCUT2D eigenvalue weighted by Crippen LogP contribution is -2.42. The average molecular weight is 486 g/mol. The molecule has 1 aliphatic rings. The topological polar surface area (TPSA) is 89.2 Å². The molecule has 0 bridgehead atoms. The fourth-order valence-corrected chi connectivity index (χ4v) is 4.82. The van der Waals surface area contributed by atoms with Crippen molar-refractivity contribution < 1.29 is 9.53 Å². The molecule has 5 rings (SSSR count). The third kappa shape index (κ3) is 4.64. The van der Waals surface area contributed by atoms with E-state index in [2.05, 4.69) is 37.9 Å². The lowest BCUT2D eigenvalue weighted by Gasteiger charge is -2.20. The number of carbonyl (C=O) groups excluding carboxylic acids is 1. The van der Waals surface area contributed by atoms with E-state index >= 15 is 0 Å². The Labute approximate surface area is 210 Å². The highest BCUT2D eigenvalue weighted by molar-refractivity contribution is 5.90. The van der Waals surface area contributed by atoms with E-state index in [0.29, 0.717) is 24.8 Å². The molecule has 0 radical (unpaired) electrons. The molecule has 0 unspecified atom stereocenters. The zero-order chi connectivity index (χ0) is 25.1. The second-order valence-electron chi connectivity index (χ2n) is 8.90. The van der Waals surface area contributed by atoms with Gasteiger partial charge in [-0.15, -0.1) is 5.10 Å². The van der Waals surface area contributed by atoms with Crippen molar-refractivity contribution in [2.75, 3.05) is 29.9 Å². The Bertz CT molecular complexity index is 1320. The predicted octanol–water partition coefficient (Wildman–Crippen LogP) is 4.11. The molecule has 2 aromatic carbocycles. The fraction of sp³-hybridized carbons (Fsp3) is 0.296. The van der Waals surface area contributed by atoms with E-state index in [4.69, 9.17) is 4.74 Å². The van der Waals surface area contributed by atoms with Crippen molar-refractivity contribution in [3.63, 3.8) is 0 Å². The summed E-state index contributed by atoms with van der Waals surface area (Å²) in [4.78, 5) is 15.6. The number of aromatic nitrogens is 4. The van der Waals surface area contributed by atoms with Crippen LogP contribution in [0.2, 0.25) is 0 Å². The van der Waals surface area contributed by atoms with Gasteiger partial charge >= 0.3 is 6.03 Å². The van der Waals surface area contributed by atoms with Gasteiger partial charge in [-0.25, -0.2) is 9.48 Å². The summed E-state index contributed by atoms with van der Waals surface area (Å²) >= 11 is 0. The van der Waals surface area contributed by atoms with Crippen LogP contribution in [0.5, 0.6) is 5.88 Å². The molecule has 2 aromatic heterocycles. The Hall–Kier alpha value is -4.27. The van der Waals surface area contributed by atoms with E-state index in [0.717, 1.165) is 23.6 Å². The average Bonchev–Trinajstić information content (AvgIpc) is 3.59. The van der Waals surface area contributed by atoms with Crippen molar-refractivity contribution in [2.45, 2.75) is 25.8 Å². The van der Waals surface area contributed by atoms with Gasteiger partial charge in [0.2, 0.25) is 5.88 Å². The Morgan fingerprint density at radius 1 is 1.06 bits per heavy atom. The Kier molecular flexibility index (Phi) is 6.62. The molecule has 2 amide bonds. The number of nitrogens with one attached hydrogen (secondary N) is 2. The Morgan fingerprint density at radius 3 is 2.44 bits per heavy atom. The first kappa shape index (κ1) is 23.5. The second-order valence-corrected chi connectivity index (χ2v) is 8.90. The smallest absolute Gasteiger partial charge is 0.320 e. The minimum Gasteiger partial charge on any atom is -0.477 e. The van der Waals surface area contributed by atoms with Crippen LogP contribution in [0.4, 0.5) is 16.4 Å². The number of rotatable bonds is 7. The first-order chi connectivity index (χ1) is 17.5. The van der Waals surface area contributed by atoms with Crippen LogP contribution in [0.1, 0.15) is 24.0 Å². The van der Waals surface area contributed by atoms with Crippen molar-refractivity contribution in [3.8, 4) is 11.6 Å². The number of carbonyl (C=O) groups is 1. The standard InChI is InChI=1S/C27H31N7O2/c1-4-36-26-19(2)25(34(31-26)21-13-9-6-10-14-21)30-27(35)29-23-18-33(24-15-16-28-32(24)3)17-22(23)20-11-7-5-8-12-20/h5-16,22-23H,4,17-18H2,1-3H3,(H2,29,30,35)/t22-,23+/m1/s1. The van der Waals surface area contributed by atoms with Crippen LogP contribution in [-0.2, 0) is 7.05 Å². The van der Waals surface area contributed by atoms with Gasteiger partial charge in [-0.3, -0.25) is 10.00 Å². The van der Waals surface area contributed by atoms with Crippen LogP contribution in [-0.4, -0.2) is 51.3 Å². The van der Waals surface area contributed by atoms with Crippen molar-refractivity contribution in [3.05, 3.63) is 84.1 Å². The molecule has 0 aliphatic carbocycles. The zero-order valence-electron chi connectivity index (χ0n) is 20.8. The highest BCUT2D eigenvalue weighted by atomic mass is 16.5. The minimum absolute atomic E-state index is 0.0953. The van der Waals surface area contributed by atoms with E-state index < -0.39 is 0 Å². The molecule has 0 spiro atoms. The molecule has 2 atom stereocenters. The third-order valence-corrected chi connectivity index (χ3v) is 6.58. The number of anilines is 2. The number of urea groups is 1. The maximum Gasteiger partial charge on any atom is 0.320 e. The second kappa shape index (κ2) is 10.2. The van der Waals surface area contributed by atoms with Gasteiger partial charge in [0.05, 0.1) is 30.1 Å². The highest BCUT2D eigenvalue weighted by Gasteiger charge is 2.36. The number of amides is 2. The van der Waals surface area contributed by atoms with Crippen LogP contribution in [0.3, 0.4) is 0 Å². The minimum atomic E-state index is -0.281. The molecule has 3 heterocycles. The molecular weight excluding hydrogens is 454 g/mol. The van der Waals surface area contributed by atoms with Gasteiger partial charge in [-0.05, 0) is 31.5 Å². The van der Waals surface area contributed by atoms with Crippen LogP contribution in [0.25, 0.3) is 5.69 Å². The van der Waals surface area contributed by atoms with Crippen LogP contribution in [0, 0.1) is 6.92 Å². The number of aryl methyl sites for hydroxylation is 1. The van der Waals surface area contributed by atoms with E-state index in [1.807, 2.05) is 80.2 Å². The van der Waals surface area contributed by atoms with Gasteiger partial charge in [0.25, 0.3) is 0 Å². The largest absolute Gasteiger partial charge is 0.477 e. The van der Waals surface area contributed by atoms with Crippen LogP contribution in [0.15, 0.2) is 72.9 Å². The number of para-hydroxylation sites is 1. The summed E-state index contributed by atoms with van der Waals surface area (Å²) in [7, 11) is 1.93. The van der Waals surface area contributed by atoms with Gasteiger partial charge in [0.1, 0.15) is 11.6 Å². The SMILES string of the molecule is CCOc1nn(-c2ccccc2)c(NC(=O)N[C@H]2CN(c3ccnn3C)C[C@@H]2c2ccccc2)c1C. The number of hydrogen-bond acceptors (Lipinski definition) is 5. The molecular formula is C27H31N7O2. The normalized spacial score (nSPS) is 17.2. The van der Waals surface area contributed by atoms with E-state index in [1.165, 1.54) is 5.56 Å². The molecule has 186 valence electrons. The maximum absolute atomic E-state index is 13.4. The zero-order valence-corrected chi connectivity index (χ0v) is 20.8. The fourth-order valence-electron chi connectivity index (χ4n) is 4.82. The first-order valence-corrected chi connectivity index (χ1v) is 12.2. The summed E-state index contributed by atoms with van der Waals surface area (Å²) < 4.78 is 9.29. The third-order valence-electron chi connectivity index (χ3n) is 6.58. The molecule has 36 heavy (non-hydrogen) atoms. The van der Waals surface area contributed by atoms with E-state index in [1.54, 1.807) is 10.9 Å². The van der Waals surface area contributed by atoms with Crippen molar-refractivity contribution in [1.82, 2.24) is 24.9 Å². The summed E-state index contributed by atoms with van der Waals surface area (Å²) in [6, 6.07) is 21.7. The molecule has 9 heteroatoms. The van der Waals surface area contributed by atoms with Gasteiger partial charge < -0.3 is 15.0 Å². The summed E-state index contributed by atoms with van der Waals surface area (Å²) in [5.41, 5.74) is 2.81.